The zero-order chi connectivity index (χ0) is 14.1. The van der Waals surface area contributed by atoms with E-state index in [4.69, 9.17) is 11.6 Å². The topological polar surface area (TPSA) is 17.1 Å². The molecule has 0 radical (unpaired) electrons. The quantitative estimate of drug-likeness (QED) is 0.682. The number of Topliss-reactive ketones (excluding diaryl/α,β-unsaturated/α-hetero) is 1. The number of halogens is 1. The predicted molar refractivity (Wildman–Crippen MR) is 83.5 cm³/mol. The highest BCUT2D eigenvalue weighted by Gasteiger charge is 2.19. The third-order valence-electron chi connectivity index (χ3n) is 4.17. The highest BCUT2D eigenvalue weighted by Crippen LogP contribution is 2.37. The van der Waals surface area contributed by atoms with Crippen LogP contribution < -0.4 is 0 Å². The third-order valence-corrected chi connectivity index (χ3v) is 4.48. The molecule has 0 aromatic heterocycles. The molecule has 0 aliphatic heterocycles. The maximum Gasteiger partial charge on any atom is 0.161 e. The summed E-state index contributed by atoms with van der Waals surface area (Å²) in [6.07, 6.45) is 3.99. The minimum Gasteiger partial charge on any atom is -0.294 e. The Labute approximate surface area is 124 Å². The predicted octanol–water partition coefficient (Wildman–Crippen LogP) is 5.48. The van der Waals surface area contributed by atoms with Gasteiger partial charge in [0.2, 0.25) is 0 Å². The largest absolute Gasteiger partial charge is 0.294 e. The zero-order valence-corrected chi connectivity index (χ0v) is 12.3. The molecule has 20 heavy (non-hydrogen) atoms. The van der Waals surface area contributed by atoms with Gasteiger partial charge in [0.25, 0.3) is 0 Å². The Bertz CT molecular complexity index is 639. The second-order valence-corrected chi connectivity index (χ2v) is 5.91. The van der Waals surface area contributed by atoms with E-state index >= 15 is 0 Å². The molecule has 2 aromatic rings. The van der Waals surface area contributed by atoms with Crippen LogP contribution in [0.5, 0.6) is 0 Å². The van der Waals surface area contributed by atoms with Crippen LogP contribution in [0.4, 0.5) is 0 Å². The Balaban J connectivity index is 1.88. The summed E-state index contributed by atoms with van der Waals surface area (Å²) in [6, 6.07) is 14.4. The summed E-state index contributed by atoms with van der Waals surface area (Å²) in [6.45, 7) is 1.54. The molecule has 2 heteroatoms. The molecular weight excluding hydrogens is 268 g/mol. The van der Waals surface area contributed by atoms with Gasteiger partial charge in [-0.2, -0.15) is 0 Å². The van der Waals surface area contributed by atoms with Crippen molar-refractivity contribution in [3.8, 4) is 11.1 Å². The maximum atomic E-state index is 11.4. The van der Waals surface area contributed by atoms with Crippen molar-refractivity contribution in [3.05, 3.63) is 58.6 Å². The van der Waals surface area contributed by atoms with Gasteiger partial charge in [-0.15, -0.1) is 0 Å². The van der Waals surface area contributed by atoms with Crippen molar-refractivity contribution in [1.29, 1.82) is 0 Å². The third kappa shape index (κ3) is 2.51. The van der Waals surface area contributed by atoms with Crippen molar-refractivity contribution < 1.29 is 4.79 Å². The van der Waals surface area contributed by atoms with Crippen LogP contribution in [-0.4, -0.2) is 5.78 Å². The van der Waals surface area contributed by atoms with Crippen LogP contribution in [-0.2, 0) is 0 Å². The Kier molecular flexibility index (Phi) is 3.62. The fourth-order valence-electron chi connectivity index (χ4n) is 2.67. The molecule has 102 valence electrons. The van der Waals surface area contributed by atoms with Crippen LogP contribution in [0, 0.1) is 0 Å². The molecular formula is C18H17ClO. The molecule has 1 fully saturated rings. The Morgan fingerprint density at radius 1 is 1.05 bits per heavy atom. The van der Waals surface area contributed by atoms with Crippen molar-refractivity contribution in [2.45, 2.75) is 32.1 Å². The maximum absolute atomic E-state index is 11.4. The van der Waals surface area contributed by atoms with Gasteiger partial charge in [-0.25, -0.2) is 0 Å². The fraction of sp³-hybridized carbons (Fsp3) is 0.278. The second kappa shape index (κ2) is 5.41. The number of rotatable bonds is 3. The molecule has 0 saturated heterocycles. The van der Waals surface area contributed by atoms with Gasteiger partial charge in [-0.1, -0.05) is 48.4 Å². The fourth-order valence-corrected chi connectivity index (χ4v) is 2.98. The number of benzene rings is 2. The first-order valence-electron chi connectivity index (χ1n) is 7.06. The lowest BCUT2D eigenvalue weighted by atomic mass is 9.80. The van der Waals surface area contributed by atoms with Gasteiger partial charge in [-0.3, -0.25) is 4.79 Å². The van der Waals surface area contributed by atoms with E-state index in [0.29, 0.717) is 10.6 Å². The summed E-state index contributed by atoms with van der Waals surface area (Å²) in [5, 5.41) is 0.526. The standard InChI is InChI=1S/C18H17ClO/c1-12(20)17-10-9-16(11-18(17)19)15-7-5-14(6-8-15)13-3-2-4-13/h5-11,13H,2-4H2,1H3. The lowest BCUT2D eigenvalue weighted by Gasteiger charge is -2.25. The minimum absolute atomic E-state index is 0.00174. The molecule has 1 aliphatic carbocycles. The smallest absolute Gasteiger partial charge is 0.161 e. The van der Waals surface area contributed by atoms with Crippen molar-refractivity contribution in [1.82, 2.24) is 0 Å². The number of carbonyl (C=O) groups is 1. The molecule has 1 aliphatic rings. The van der Waals surface area contributed by atoms with Crippen LogP contribution >= 0.6 is 11.6 Å². The van der Waals surface area contributed by atoms with Crippen molar-refractivity contribution in [2.75, 3.05) is 0 Å². The Morgan fingerprint density at radius 3 is 2.20 bits per heavy atom. The van der Waals surface area contributed by atoms with Crippen molar-refractivity contribution in [3.63, 3.8) is 0 Å². The Morgan fingerprint density at radius 2 is 1.70 bits per heavy atom. The van der Waals surface area contributed by atoms with Crippen LogP contribution in [0.3, 0.4) is 0 Å². The van der Waals surface area contributed by atoms with Gasteiger partial charge < -0.3 is 0 Å². The lowest BCUT2D eigenvalue weighted by Crippen LogP contribution is -2.08. The van der Waals surface area contributed by atoms with E-state index in [1.807, 2.05) is 12.1 Å². The van der Waals surface area contributed by atoms with E-state index in [1.54, 1.807) is 6.07 Å². The first-order chi connectivity index (χ1) is 9.65. The first kappa shape index (κ1) is 13.4. The van der Waals surface area contributed by atoms with Crippen molar-refractivity contribution >= 4 is 17.4 Å². The van der Waals surface area contributed by atoms with Gasteiger partial charge in [0.15, 0.2) is 5.78 Å². The Hall–Kier alpha value is -1.60. The molecule has 0 heterocycles. The highest BCUT2D eigenvalue weighted by molar-refractivity contribution is 6.34. The summed E-state index contributed by atoms with van der Waals surface area (Å²) in [5.74, 6) is 0.759. The van der Waals surface area contributed by atoms with Gasteiger partial charge >= 0.3 is 0 Å². The number of hydrogen-bond donors (Lipinski definition) is 0. The van der Waals surface area contributed by atoms with Gasteiger partial charge in [-0.05, 0) is 54.5 Å². The molecule has 1 nitrogen and oxygen atoms in total. The molecule has 0 N–H and O–H groups in total. The minimum atomic E-state index is 0.00174. The summed E-state index contributed by atoms with van der Waals surface area (Å²) in [4.78, 5) is 11.4. The summed E-state index contributed by atoms with van der Waals surface area (Å²) >= 11 is 6.17. The normalized spacial score (nSPS) is 14.9. The van der Waals surface area contributed by atoms with E-state index in [9.17, 15) is 4.79 Å². The van der Waals surface area contributed by atoms with Crippen LogP contribution in [0.15, 0.2) is 42.5 Å². The van der Waals surface area contributed by atoms with Gasteiger partial charge in [0, 0.05) is 5.56 Å². The van der Waals surface area contributed by atoms with Gasteiger partial charge in [0.1, 0.15) is 0 Å². The molecule has 0 unspecified atom stereocenters. The highest BCUT2D eigenvalue weighted by atomic mass is 35.5. The van der Waals surface area contributed by atoms with Crippen LogP contribution in [0.25, 0.3) is 11.1 Å². The summed E-state index contributed by atoms with van der Waals surface area (Å²) in [7, 11) is 0. The summed E-state index contributed by atoms with van der Waals surface area (Å²) in [5.41, 5.74) is 4.22. The molecule has 1 saturated carbocycles. The number of hydrogen-bond acceptors (Lipinski definition) is 1. The molecule has 0 spiro atoms. The monoisotopic (exact) mass is 284 g/mol. The first-order valence-corrected chi connectivity index (χ1v) is 7.44. The van der Waals surface area contributed by atoms with E-state index in [-0.39, 0.29) is 5.78 Å². The van der Waals surface area contributed by atoms with Crippen molar-refractivity contribution in [2.24, 2.45) is 0 Å². The van der Waals surface area contributed by atoms with E-state index < -0.39 is 0 Å². The molecule has 2 aromatic carbocycles. The lowest BCUT2D eigenvalue weighted by molar-refractivity contribution is 0.101. The molecule has 0 amide bonds. The summed E-state index contributed by atoms with van der Waals surface area (Å²) < 4.78 is 0. The van der Waals surface area contributed by atoms with Gasteiger partial charge in [0.05, 0.1) is 5.02 Å². The zero-order valence-electron chi connectivity index (χ0n) is 11.5. The average Bonchev–Trinajstić information content (AvgIpc) is 2.37. The molecule has 0 bridgehead atoms. The van der Waals surface area contributed by atoms with E-state index in [0.717, 1.165) is 17.0 Å². The van der Waals surface area contributed by atoms with E-state index in [2.05, 4.69) is 24.3 Å². The number of carbonyl (C=O) groups excluding carboxylic acids is 1. The van der Waals surface area contributed by atoms with Crippen LogP contribution in [0.1, 0.15) is 48.0 Å². The van der Waals surface area contributed by atoms with Crippen LogP contribution in [0.2, 0.25) is 5.02 Å². The van der Waals surface area contributed by atoms with E-state index in [1.165, 1.54) is 31.7 Å². The molecule has 3 rings (SSSR count). The number of ketones is 1. The SMILES string of the molecule is CC(=O)c1ccc(-c2ccc(C3CCC3)cc2)cc1Cl. The second-order valence-electron chi connectivity index (χ2n) is 5.50. The average molecular weight is 285 g/mol. The molecule has 0 atom stereocenters.